The molecule has 1 N–H and O–H groups in total. The van der Waals surface area contributed by atoms with Gasteiger partial charge in [-0.2, -0.15) is 0 Å². The summed E-state index contributed by atoms with van der Waals surface area (Å²) in [7, 11) is 0. The lowest BCUT2D eigenvalue weighted by Gasteiger charge is -2.22. The van der Waals surface area contributed by atoms with Crippen LogP contribution in [0.5, 0.6) is 5.75 Å². The van der Waals surface area contributed by atoms with E-state index in [-0.39, 0.29) is 5.82 Å². The van der Waals surface area contributed by atoms with Gasteiger partial charge >= 0.3 is 0 Å². The van der Waals surface area contributed by atoms with Crippen molar-refractivity contribution in [1.82, 2.24) is 0 Å². The van der Waals surface area contributed by atoms with Crippen LogP contribution in [0.4, 0.5) is 10.1 Å². The maximum absolute atomic E-state index is 13.6. The average molecular weight is 239 g/mol. The molecule has 0 heterocycles. The third-order valence-electron chi connectivity index (χ3n) is 2.83. The monoisotopic (exact) mass is 239 g/mol. The fraction of sp³-hybridized carbons (Fsp3) is 0.571. The summed E-state index contributed by atoms with van der Waals surface area (Å²) in [5.74, 6) is 0.528. The lowest BCUT2D eigenvalue weighted by Crippen LogP contribution is -2.24. The highest BCUT2D eigenvalue weighted by atomic mass is 19.1. The summed E-state index contributed by atoms with van der Waals surface area (Å²) < 4.78 is 18.8. The third-order valence-corrected chi connectivity index (χ3v) is 2.83. The summed E-state index contributed by atoms with van der Waals surface area (Å²) in [6.45, 7) is 8.77. The van der Waals surface area contributed by atoms with Crippen molar-refractivity contribution in [3.8, 4) is 5.75 Å². The Morgan fingerprint density at radius 3 is 2.47 bits per heavy atom. The highest BCUT2D eigenvalue weighted by Gasteiger charge is 2.11. The van der Waals surface area contributed by atoms with Crippen LogP contribution in [0.3, 0.4) is 0 Å². The van der Waals surface area contributed by atoms with Crippen molar-refractivity contribution in [1.29, 1.82) is 0 Å². The minimum atomic E-state index is -0.310. The van der Waals surface area contributed by atoms with Crippen molar-refractivity contribution < 1.29 is 9.13 Å². The van der Waals surface area contributed by atoms with E-state index in [1.165, 1.54) is 6.07 Å². The molecule has 1 unspecified atom stereocenters. The fourth-order valence-corrected chi connectivity index (χ4v) is 1.82. The van der Waals surface area contributed by atoms with E-state index in [2.05, 4.69) is 26.1 Å². The van der Waals surface area contributed by atoms with E-state index < -0.39 is 0 Å². The molecule has 1 aromatic rings. The maximum atomic E-state index is 13.6. The number of nitrogens with one attached hydrogen (secondary N) is 1. The van der Waals surface area contributed by atoms with Crippen molar-refractivity contribution in [3.63, 3.8) is 0 Å². The largest absolute Gasteiger partial charge is 0.491 e. The van der Waals surface area contributed by atoms with Gasteiger partial charge in [0.2, 0.25) is 0 Å². The zero-order valence-corrected chi connectivity index (χ0v) is 11.1. The Hall–Kier alpha value is -1.25. The molecule has 2 nitrogen and oxygen atoms in total. The summed E-state index contributed by atoms with van der Waals surface area (Å²) >= 11 is 0. The highest BCUT2D eigenvalue weighted by Crippen LogP contribution is 2.23. The smallest absolute Gasteiger partial charge is 0.167 e. The van der Waals surface area contributed by atoms with Gasteiger partial charge in [0.1, 0.15) is 0 Å². The van der Waals surface area contributed by atoms with E-state index in [4.69, 9.17) is 4.74 Å². The molecular formula is C14H22FNO. The van der Waals surface area contributed by atoms with Gasteiger partial charge in [0, 0.05) is 17.8 Å². The number of hydrogen-bond donors (Lipinski definition) is 1. The van der Waals surface area contributed by atoms with Gasteiger partial charge in [-0.15, -0.1) is 0 Å². The van der Waals surface area contributed by atoms with E-state index in [1.807, 2.05) is 13.0 Å². The van der Waals surface area contributed by atoms with Gasteiger partial charge in [-0.05, 0) is 31.4 Å². The van der Waals surface area contributed by atoms with Gasteiger partial charge in [-0.1, -0.05) is 20.8 Å². The van der Waals surface area contributed by atoms with Crippen LogP contribution in [0.1, 0.15) is 34.1 Å². The first-order valence-electron chi connectivity index (χ1n) is 6.27. The van der Waals surface area contributed by atoms with Gasteiger partial charge < -0.3 is 10.1 Å². The summed E-state index contributed by atoms with van der Waals surface area (Å²) in [6, 6.07) is 5.40. The van der Waals surface area contributed by atoms with E-state index in [9.17, 15) is 4.39 Å². The lowest BCUT2D eigenvalue weighted by atomic mass is 10.0. The quantitative estimate of drug-likeness (QED) is 0.808. The number of rotatable bonds is 6. The summed E-state index contributed by atoms with van der Waals surface area (Å²) in [4.78, 5) is 0. The Bertz CT molecular complexity index is 352. The molecule has 0 amide bonds. The Kier molecular flexibility index (Phi) is 5.26. The molecule has 0 aromatic heterocycles. The molecule has 0 aliphatic rings. The molecule has 0 fully saturated rings. The number of halogens is 1. The summed E-state index contributed by atoms with van der Waals surface area (Å²) in [5.41, 5.74) is 0.812. The van der Waals surface area contributed by atoms with Gasteiger partial charge in [-0.3, -0.25) is 0 Å². The zero-order valence-electron chi connectivity index (χ0n) is 11.1. The van der Waals surface area contributed by atoms with Gasteiger partial charge in [0.25, 0.3) is 0 Å². The topological polar surface area (TPSA) is 21.3 Å². The molecule has 0 aliphatic heterocycles. The molecule has 0 bridgehead atoms. The van der Waals surface area contributed by atoms with Crippen LogP contribution < -0.4 is 10.1 Å². The van der Waals surface area contributed by atoms with Crippen molar-refractivity contribution in [2.45, 2.75) is 40.2 Å². The van der Waals surface area contributed by atoms with Crippen LogP contribution in [-0.2, 0) is 0 Å². The van der Waals surface area contributed by atoms with Crippen LogP contribution >= 0.6 is 0 Å². The number of hydrogen-bond acceptors (Lipinski definition) is 2. The Balaban J connectivity index is 2.76. The lowest BCUT2D eigenvalue weighted by molar-refractivity contribution is 0.321. The molecule has 1 rings (SSSR count). The molecule has 0 aliphatic carbocycles. The summed E-state index contributed by atoms with van der Waals surface area (Å²) in [6.07, 6.45) is 1.02. The SMILES string of the molecule is CCOc1ccc(NC(CC)C(C)C)cc1F. The Morgan fingerprint density at radius 1 is 1.29 bits per heavy atom. The maximum Gasteiger partial charge on any atom is 0.167 e. The second-order valence-corrected chi connectivity index (χ2v) is 4.48. The molecule has 0 saturated carbocycles. The molecule has 0 saturated heterocycles. The third kappa shape index (κ3) is 3.91. The van der Waals surface area contributed by atoms with Gasteiger partial charge in [0.15, 0.2) is 11.6 Å². The predicted molar refractivity (Wildman–Crippen MR) is 70.1 cm³/mol. The fourth-order valence-electron chi connectivity index (χ4n) is 1.82. The predicted octanol–water partition coefficient (Wildman–Crippen LogP) is 4.07. The first kappa shape index (κ1) is 13.8. The van der Waals surface area contributed by atoms with Gasteiger partial charge in [0.05, 0.1) is 6.61 Å². The Morgan fingerprint density at radius 2 is 2.00 bits per heavy atom. The van der Waals surface area contributed by atoms with Crippen LogP contribution in [0.15, 0.2) is 18.2 Å². The molecule has 3 heteroatoms. The van der Waals surface area contributed by atoms with Crippen molar-refractivity contribution in [2.75, 3.05) is 11.9 Å². The molecule has 1 aromatic carbocycles. The highest BCUT2D eigenvalue weighted by molar-refractivity contribution is 5.48. The minimum Gasteiger partial charge on any atom is -0.491 e. The van der Waals surface area contributed by atoms with E-state index >= 15 is 0 Å². The second kappa shape index (κ2) is 6.48. The second-order valence-electron chi connectivity index (χ2n) is 4.48. The van der Waals surface area contributed by atoms with Crippen molar-refractivity contribution in [3.05, 3.63) is 24.0 Å². The van der Waals surface area contributed by atoms with Crippen molar-refractivity contribution in [2.24, 2.45) is 5.92 Å². The number of ether oxygens (including phenoxy) is 1. The first-order valence-corrected chi connectivity index (χ1v) is 6.27. The standard InChI is InChI=1S/C14H22FNO/c1-5-13(10(3)4)16-11-7-8-14(17-6-2)12(15)9-11/h7-10,13,16H,5-6H2,1-4H3. The number of benzene rings is 1. The molecule has 96 valence electrons. The van der Waals surface area contributed by atoms with Crippen molar-refractivity contribution >= 4 is 5.69 Å². The van der Waals surface area contributed by atoms with Crippen LogP contribution in [0.2, 0.25) is 0 Å². The van der Waals surface area contributed by atoms with E-state index in [0.717, 1.165) is 12.1 Å². The van der Waals surface area contributed by atoms with Crippen LogP contribution in [-0.4, -0.2) is 12.6 Å². The number of anilines is 1. The van der Waals surface area contributed by atoms with Gasteiger partial charge in [-0.25, -0.2) is 4.39 Å². The molecule has 1 atom stereocenters. The molecule has 17 heavy (non-hydrogen) atoms. The first-order chi connectivity index (χ1) is 8.08. The van der Waals surface area contributed by atoms with E-state index in [0.29, 0.717) is 24.3 Å². The average Bonchev–Trinajstić information content (AvgIpc) is 2.29. The molecular weight excluding hydrogens is 217 g/mol. The molecule has 0 spiro atoms. The van der Waals surface area contributed by atoms with Crippen LogP contribution in [0.25, 0.3) is 0 Å². The van der Waals surface area contributed by atoms with Crippen LogP contribution in [0, 0.1) is 11.7 Å². The van der Waals surface area contributed by atoms with E-state index in [1.54, 1.807) is 6.07 Å². The zero-order chi connectivity index (χ0) is 12.8. The minimum absolute atomic E-state index is 0.310. The normalized spacial score (nSPS) is 12.6. The summed E-state index contributed by atoms with van der Waals surface area (Å²) in [5, 5.41) is 3.34. The Labute approximate surface area is 103 Å². The molecule has 0 radical (unpaired) electrons.